The Morgan fingerprint density at radius 1 is 1.36 bits per heavy atom. The molecule has 0 spiro atoms. The van der Waals surface area contributed by atoms with Crippen LogP contribution in [0.15, 0.2) is 22.1 Å². The van der Waals surface area contributed by atoms with Gasteiger partial charge >= 0.3 is 0 Å². The average molecular weight is 294 g/mol. The summed E-state index contributed by atoms with van der Waals surface area (Å²) in [5.41, 5.74) is 0.376. The molecule has 0 aliphatic carbocycles. The van der Waals surface area contributed by atoms with E-state index in [1.54, 1.807) is 12.1 Å². The van der Waals surface area contributed by atoms with Crippen LogP contribution in [0.2, 0.25) is 5.02 Å². The maximum atomic E-state index is 13.5. The zero-order valence-electron chi connectivity index (χ0n) is 6.67. The molecule has 2 nitrogen and oxygen atoms in total. The molecular formula is C8H3BrClFN2S. The molecule has 0 bridgehead atoms. The summed E-state index contributed by atoms with van der Waals surface area (Å²) in [5, 5.41) is 8.15. The molecule has 0 aliphatic heterocycles. The third-order valence-corrected chi connectivity index (χ3v) is 3.26. The largest absolute Gasteiger partial charge is 0.205 e. The van der Waals surface area contributed by atoms with Crippen LogP contribution >= 0.6 is 38.9 Å². The molecule has 72 valence electrons. The van der Waals surface area contributed by atoms with Gasteiger partial charge in [-0.3, -0.25) is 0 Å². The lowest BCUT2D eigenvalue weighted by Crippen LogP contribution is -1.84. The molecule has 0 radical (unpaired) electrons. The van der Waals surface area contributed by atoms with Crippen molar-refractivity contribution in [2.45, 2.75) is 0 Å². The lowest BCUT2D eigenvalue weighted by atomic mass is 10.2. The molecule has 0 amide bonds. The van der Waals surface area contributed by atoms with E-state index in [4.69, 9.17) is 11.6 Å². The van der Waals surface area contributed by atoms with Crippen molar-refractivity contribution in [3.63, 3.8) is 0 Å². The van der Waals surface area contributed by atoms with Crippen LogP contribution in [-0.2, 0) is 0 Å². The van der Waals surface area contributed by atoms with Gasteiger partial charge < -0.3 is 0 Å². The summed E-state index contributed by atoms with van der Waals surface area (Å²) in [4.78, 5) is 0. The summed E-state index contributed by atoms with van der Waals surface area (Å²) in [5.74, 6) is -0.460. The van der Waals surface area contributed by atoms with Crippen LogP contribution in [0.25, 0.3) is 10.6 Å². The lowest BCUT2D eigenvalue weighted by Gasteiger charge is -1.98. The van der Waals surface area contributed by atoms with E-state index in [2.05, 4.69) is 26.1 Å². The molecule has 0 saturated carbocycles. The van der Waals surface area contributed by atoms with Crippen LogP contribution in [0.1, 0.15) is 0 Å². The second-order valence-electron chi connectivity index (χ2n) is 2.46. The third kappa shape index (κ3) is 1.80. The monoisotopic (exact) mass is 292 g/mol. The highest BCUT2D eigenvalue weighted by Crippen LogP contribution is 2.31. The molecule has 6 heteroatoms. The fourth-order valence-corrected chi connectivity index (χ4v) is 2.29. The predicted octanol–water partition coefficient (Wildman–Crippen LogP) is 3.76. The molecule has 2 rings (SSSR count). The Labute approximate surface area is 96.9 Å². The molecule has 0 N–H and O–H groups in total. The molecule has 0 fully saturated rings. The van der Waals surface area contributed by atoms with Crippen molar-refractivity contribution in [3.05, 3.63) is 33.0 Å². The average Bonchev–Trinajstić information content (AvgIpc) is 2.57. The smallest absolute Gasteiger partial charge is 0.183 e. The number of rotatable bonds is 1. The third-order valence-electron chi connectivity index (χ3n) is 1.58. The van der Waals surface area contributed by atoms with E-state index in [0.717, 1.165) is 0 Å². The van der Waals surface area contributed by atoms with Gasteiger partial charge in [0.1, 0.15) is 0 Å². The van der Waals surface area contributed by atoms with Gasteiger partial charge in [0.25, 0.3) is 0 Å². The number of aromatic nitrogens is 2. The summed E-state index contributed by atoms with van der Waals surface area (Å²) in [6.45, 7) is 0. The van der Waals surface area contributed by atoms with E-state index in [1.807, 2.05) is 0 Å². The van der Waals surface area contributed by atoms with E-state index in [1.165, 1.54) is 17.4 Å². The maximum absolute atomic E-state index is 13.5. The first-order chi connectivity index (χ1) is 6.68. The predicted molar refractivity (Wildman–Crippen MR) is 58.0 cm³/mol. The van der Waals surface area contributed by atoms with Crippen molar-refractivity contribution in [1.29, 1.82) is 0 Å². The van der Waals surface area contributed by atoms with Crippen molar-refractivity contribution < 1.29 is 4.39 Å². The molecule has 0 aliphatic rings. The van der Waals surface area contributed by atoms with Gasteiger partial charge in [0.2, 0.25) is 0 Å². The fourth-order valence-electron chi connectivity index (χ4n) is 0.983. The van der Waals surface area contributed by atoms with Gasteiger partial charge in [-0.1, -0.05) is 29.0 Å². The maximum Gasteiger partial charge on any atom is 0.183 e. The highest BCUT2D eigenvalue weighted by atomic mass is 79.9. The van der Waals surface area contributed by atoms with Gasteiger partial charge in [0.05, 0.1) is 5.02 Å². The molecule has 14 heavy (non-hydrogen) atoms. The molecule has 1 aromatic carbocycles. The van der Waals surface area contributed by atoms with Crippen molar-refractivity contribution in [2.24, 2.45) is 0 Å². The summed E-state index contributed by atoms with van der Waals surface area (Å²) in [6.07, 6.45) is 0. The molecule has 1 aromatic heterocycles. The second kappa shape index (κ2) is 3.92. The van der Waals surface area contributed by atoms with Crippen LogP contribution < -0.4 is 0 Å². The van der Waals surface area contributed by atoms with Gasteiger partial charge in [-0.25, -0.2) is 4.39 Å². The van der Waals surface area contributed by atoms with E-state index >= 15 is 0 Å². The molecule has 2 aromatic rings. The first kappa shape index (κ1) is 10.0. The summed E-state index contributed by atoms with van der Waals surface area (Å²) >= 11 is 10.1. The molecule has 0 saturated heterocycles. The van der Waals surface area contributed by atoms with E-state index in [-0.39, 0.29) is 5.02 Å². The summed E-state index contributed by atoms with van der Waals surface area (Å²) < 4.78 is 14.1. The Hall–Kier alpha value is -0.520. The topological polar surface area (TPSA) is 25.8 Å². The van der Waals surface area contributed by atoms with Crippen molar-refractivity contribution in [3.8, 4) is 10.6 Å². The van der Waals surface area contributed by atoms with E-state index in [9.17, 15) is 4.39 Å². The van der Waals surface area contributed by atoms with Crippen molar-refractivity contribution in [2.75, 3.05) is 0 Å². The first-order valence-electron chi connectivity index (χ1n) is 3.62. The number of hydrogen-bond acceptors (Lipinski definition) is 3. The first-order valence-corrected chi connectivity index (χ1v) is 5.60. The zero-order valence-corrected chi connectivity index (χ0v) is 9.83. The van der Waals surface area contributed by atoms with Crippen molar-refractivity contribution >= 4 is 38.9 Å². The van der Waals surface area contributed by atoms with Gasteiger partial charge in [0, 0.05) is 5.56 Å². The number of halogens is 3. The lowest BCUT2D eigenvalue weighted by molar-refractivity contribution is 0.631. The molecule has 0 unspecified atom stereocenters. The highest BCUT2D eigenvalue weighted by molar-refractivity contribution is 9.11. The Balaban J connectivity index is 2.57. The zero-order chi connectivity index (χ0) is 10.1. The van der Waals surface area contributed by atoms with Crippen LogP contribution in [0.3, 0.4) is 0 Å². The van der Waals surface area contributed by atoms with Crippen LogP contribution in [0.5, 0.6) is 0 Å². The second-order valence-corrected chi connectivity index (χ2v) is 5.12. The van der Waals surface area contributed by atoms with E-state index < -0.39 is 5.82 Å². The Bertz CT molecular complexity index is 474. The fraction of sp³-hybridized carbons (Fsp3) is 0. The summed E-state index contributed by atoms with van der Waals surface area (Å²) in [6, 6.07) is 4.79. The molecular weight excluding hydrogens is 291 g/mol. The summed E-state index contributed by atoms with van der Waals surface area (Å²) in [7, 11) is 0. The number of benzene rings is 1. The van der Waals surface area contributed by atoms with Crippen LogP contribution in [0.4, 0.5) is 4.39 Å². The Kier molecular flexibility index (Phi) is 2.80. The van der Waals surface area contributed by atoms with Gasteiger partial charge in [-0.05, 0) is 28.1 Å². The van der Waals surface area contributed by atoms with Crippen LogP contribution in [0, 0.1) is 5.82 Å². The molecule has 1 heterocycles. The Morgan fingerprint density at radius 2 is 2.14 bits per heavy atom. The van der Waals surface area contributed by atoms with E-state index in [0.29, 0.717) is 14.5 Å². The Morgan fingerprint density at radius 3 is 2.79 bits per heavy atom. The number of hydrogen-bond donors (Lipinski definition) is 0. The highest BCUT2D eigenvalue weighted by Gasteiger charge is 2.12. The normalized spacial score (nSPS) is 10.5. The minimum Gasteiger partial charge on any atom is -0.205 e. The van der Waals surface area contributed by atoms with Gasteiger partial charge in [-0.2, -0.15) is 0 Å². The quantitative estimate of drug-likeness (QED) is 0.800. The minimum atomic E-state index is -0.460. The number of nitrogens with zero attached hydrogens (tertiary/aromatic N) is 2. The van der Waals surface area contributed by atoms with Gasteiger partial charge in [-0.15, -0.1) is 10.2 Å². The van der Waals surface area contributed by atoms with Gasteiger partial charge in [0.15, 0.2) is 14.7 Å². The minimum absolute atomic E-state index is 0.0915. The van der Waals surface area contributed by atoms with Crippen molar-refractivity contribution in [1.82, 2.24) is 10.2 Å². The SMILES string of the molecule is Fc1c(Cl)cccc1-c1nnc(Br)s1. The molecule has 0 atom stereocenters. The van der Waals surface area contributed by atoms with Crippen LogP contribution in [-0.4, -0.2) is 10.2 Å². The standard InChI is InChI=1S/C8H3BrClFN2S/c9-8-13-12-7(14-8)4-2-1-3-5(10)6(4)11/h1-3H.